The average molecular weight is 289 g/mol. The van der Waals surface area contributed by atoms with Crippen LogP contribution in [0.5, 0.6) is 0 Å². The molecule has 5 nitrogen and oxygen atoms in total. The van der Waals surface area contributed by atoms with Gasteiger partial charge in [-0.15, -0.1) is 0 Å². The maximum absolute atomic E-state index is 12.9. The smallest absolute Gasteiger partial charge is 0.253 e. The fourth-order valence-corrected chi connectivity index (χ4v) is 2.59. The number of piperazine rings is 1. The summed E-state index contributed by atoms with van der Waals surface area (Å²) in [6.45, 7) is 5.45. The van der Waals surface area contributed by atoms with Crippen LogP contribution in [-0.2, 0) is 9.59 Å². The maximum atomic E-state index is 12.9. The minimum Gasteiger partial charge on any atom is -0.376 e. The number of amides is 2. The quantitative estimate of drug-likeness (QED) is 0.922. The Morgan fingerprint density at radius 1 is 1.29 bits per heavy atom. The zero-order valence-corrected chi connectivity index (χ0v) is 13.3. The Labute approximate surface area is 125 Å². The van der Waals surface area contributed by atoms with Crippen molar-refractivity contribution in [2.75, 3.05) is 23.9 Å². The van der Waals surface area contributed by atoms with Crippen LogP contribution in [0.1, 0.15) is 27.2 Å². The van der Waals surface area contributed by atoms with Gasteiger partial charge in [0.15, 0.2) is 0 Å². The zero-order chi connectivity index (χ0) is 15.8. The Hall–Kier alpha value is -2.04. The minimum absolute atomic E-state index is 0.0635. The van der Waals surface area contributed by atoms with Gasteiger partial charge in [-0.25, -0.2) is 0 Å². The molecule has 0 aromatic heterocycles. The summed E-state index contributed by atoms with van der Waals surface area (Å²) < 4.78 is 0. The number of carbonyl (C=O) groups excluding carboxylic acids is 2. The first-order valence-electron chi connectivity index (χ1n) is 7.24. The molecule has 5 heteroatoms. The van der Waals surface area contributed by atoms with E-state index < -0.39 is 11.6 Å². The summed E-state index contributed by atoms with van der Waals surface area (Å²) >= 11 is 0. The Morgan fingerprint density at radius 3 is 2.48 bits per heavy atom. The molecule has 1 saturated heterocycles. The molecule has 2 atom stereocenters. The molecule has 0 radical (unpaired) electrons. The van der Waals surface area contributed by atoms with E-state index in [0.29, 0.717) is 6.42 Å². The van der Waals surface area contributed by atoms with Crippen molar-refractivity contribution >= 4 is 23.2 Å². The molecule has 2 amide bonds. The van der Waals surface area contributed by atoms with Crippen LogP contribution in [0.25, 0.3) is 0 Å². The van der Waals surface area contributed by atoms with Gasteiger partial charge in [0.25, 0.3) is 5.91 Å². The standard InChI is InChI=1S/C16H23N3O2/c1-6-16(3)15(21)19(11(2)14(20)17-16)13-10-8-7-9-12(13)18(4)5/h7-11H,6H2,1-5H3,(H,17,20). The third kappa shape index (κ3) is 2.48. The molecular formula is C16H23N3O2. The van der Waals surface area contributed by atoms with Crippen LogP contribution in [-0.4, -0.2) is 37.5 Å². The second-order valence-corrected chi connectivity index (χ2v) is 5.91. The first-order valence-corrected chi connectivity index (χ1v) is 7.24. The van der Waals surface area contributed by atoms with Gasteiger partial charge in [0.05, 0.1) is 11.4 Å². The summed E-state index contributed by atoms with van der Waals surface area (Å²) in [4.78, 5) is 28.7. The molecule has 1 aliphatic heterocycles. The van der Waals surface area contributed by atoms with Gasteiger partial charge >= 0.3 is 0 Å². The molecule has 1 N–H and O–H groups in total. The van der Waals surface area contributed by atoms with E-state index in [4.69, 9.17) is 0 Å². The summed E-state index contributed by atoms with van der Waals surface area (Å²) in [5.41, 5.74) is 0.851. The molecule has 1 aromatic carbocycles. The van der Waals surface area contributed by atoms with Gasteiger partial charge in [0.2, 0.25) is 5.91 Å². The van der Waals surface area contributed by atoms with E-state index in [9.17, 15) is 9.59 Å². The molecule has 21 heavy (non-hydrogen) atoms. The van der Waals surface area contributed by atoms with Gasteiger partial charge in [-0.2, -0.15) is 0 Å². The molecular weight excluding hydrogens is 266 g/mol. The van der Waals surface area contributed by atoms with Gasteiger partial charge in [-0.3, -0.25) is 14.5 Å². The molecule has 0 bridgehead atoms. The van der Waals surface area contributed by atoms with E-state index in [1.807, 2.05) is 50.2 Å². The number of nitrogens with zero attached hydrogens (tertiary/aromatic N) is 2. The van der Waals surface area contributed by atoms with Crippen LogP contribution in [0.3, 0.4) is 0 Å². The lowest BCUT2D eigenvalue weighted by molar-refractivity contribution is -0.137. The van der Waals surface area contributed by atoms with Gasteiger partial charge in [0, 0.05) is 14.1 Å². The Morgan fingerprint density at radius 2 is 1.90 bits per heavy atom. The van der Waals surface area contributed by atoms with Gasteiger partial charge in [-0.05, 0) is 32.4 Å². The monoisotopic (exact) mass is 289 g/mol. The first-order chi connectivity index (χ1) is 9.81. The lowest BCUT2D eigenvalue weighted by Crippen LogP contribution is -2.68. The Kier molecular flexibility index (Phi) is 3.94. The van der Waals surface area contributed by atoms with Crippen LogP contribution >= 0.6 is 0 Å². The van der Waals surface area contributed by atoms with Crippen LogP contribution in [0.15, 0.2) is 24.3 Å². The second kappa shape index (κ2) is 5.39. The van der Waals surface area contributed by atoms with E-state index in [1.165, 1.54) is 0 Å². The number of rotatable bonds is 3. The van der Waals surface area contributed by atoms with Crippen LogP contribution < -0.4 is 15.1 Å². The lowest BCUT2D eigenvalue weighted by Gasteiger charge is -2.43. The third-order valence-corrected chi connectivity index (χ3v) is 4.19. The Bertz CT molecular complexity index is 570. The van der Waals surface area contributed by atoms with E-state index in [2.05, 4.69) is 5.32 Å². The van der Waals surface area contributed by atoms with Crippen molar-refractivity contribution in [3.8, 4) is 0 Å². The molecule has 0 saturated carbocycles. The molecule has 1 fully saturated rings. The molecule has 0 aliphatic carbocycles. The SMILES string of the molecule is CCC1(C)NC(=O)C(C)N(c2ccccc2N(C)C)C1=O. The predicted molar refractivity (Wildman–Crippen MR) is 84.6 cm³/mol. The van der Waals surface area contributed by atoms with Crippen molar-refractivity contribution in [1.29, 1.82) is 0 Å². The summed E-state index contributed by atoms with van der Waals surface area (Å²) in [5, 5.41) is 2.85. The van der Waals surface area contributed by atoms with Crippen molar-refractivity contribution in [3.05, 3.63) is 24.3 Å². The molecule has 1 heterocycles. The highest BCUT2D eigenvalue weighted by Gasteiger charge is 2.46. The summed E-state index contributed by atoms with van der Waals surface area (Å²) in [6.07, 6.45) is 0.560. The van der Waals surface area contributed by atoms with Crippen molar-refractivity contribution < 1.29 is 9.59 Å². The normalized spacial score (nSPS) is 25.8. The molecule has 1 aromatic rings. The van der Waals surface area contributed by atoms with E-state index in [-0.39, 0.29) is 11.8 Å². The zero-order valence-electron chi connectivity index (χ0n) is 13.3. The number of carbonyl (C=O) groups is 2. The fraction of sp³-hybridized carbons (Fsp3) is 0.500. The fourth-order valence-electron chi connectivity index (χ4n) is 2.59. The number of hydrogen-bond acceptors (Lipinski definition) is 3. The van der Waals surface area contributed by atoms with Crippen LogP contribution in [0.2, 0.25) is 0 Å². The van der Waals surface area contributed by atoms with Crippen molar-refractivity contribution in [3.63, 3.8) is 0 Å². The number of anilines is 2. The van der Waals surface area contributed by atoms with Crippen molar-refractivity contribution in [1.82, 2.24) is 5.32 Å². The highest BCUT2D eigenvalue weighted by Crippen LogP contribution is 2.33. The number of benzene rings is 1. The van der Waals surface area contributed by atoms with Gasteiger partial charge in [0.1, 0.15) is 11.6 Å². The highest BCUT2D eigenvalue weighted by molar-refractivity contribution is 6.11. The van der Waals surface area contributed by atoms with E-state index in [0.717, 1.165) is 11.4 Å². The molecule has 2 unspecified atom stereocenters. The maximum Gasteiger partial charge on any atom is 0.253 e. The Balaban J connectivity index is 2.55. The molecule has 0 spiro atoms. The minimum atomic E-state index is -0.844. The number of para-hydroxylation sites is 2. The van der Waals surface area contributed by atoms with E-state index >= 15 is 0 Å². The molecule has 114 valence electrons. The molecule has 2 rings (SSSR count). The van der Waals surface area contributed by atoms with Gasteiger partial charge < -0.3 is 10.2 Å². The van der Waals surface area contributed by atoms with E-state index in [1.54, 1.807) is 18.7 Å². The second-order valence-electron chi connectivity index (χ2n) is 5.91. The summed E-state index contributed by atoms with van der Waals surface area (Å²) in [7, 11) is 3.86. The van der Waals surface area contributed by atoms with Gasteiger partial charge in [-0.1, -0.05) is 19.1 Å². The third-order valence-electron chi connectivity index (χ3n) is 4.19. The van der Waals surface area contributed by atoms with Crippen LogP contribution in [0.4, 0.5) is 11.4 Å². The highest BCUT2D eigenvalue weighted by atomic mass is 16.2. The number of hydrogen-bond donors (Lipinski definition) is 1. The number of nitrogens with one attached hydrogen (secondary N) is 1. The first kappa shape index (κ1) is 15.4. The lowest BCUT2D eigenvalue weighted by atomic mass is 9.91. The largest absolute Gasteiger partial charge is 0.376 e. The molecule has 1 aliphatic rings. The predicted octanol–water partition coefficient (Wildman–Crippen LogP) is 1.77. The summed E-state index contributed by atoms with van der Waals surface area (Å²) in [5.74, 6) is -0.182. The summed E-state index contributed by atoms with van der Waals surface area (Å²) in [6, 6.07) is 7.14. The average Bonchev–Trinajstić information content (AvgIpc) is 2.46. The van der Waals surface area contributed by atoms with Crippen LogP contribution in [0, 0.1) is 0 Å². The topological polar surface area (TPSA) is 52.7 Å². The van der Waals surface area contributed by atoms with Crippen molar-refractivity contribution in [2.24, 2.45) is 0 Å². The van der Waals surface area contributed by atoms with Crippen molar-refractivity contribution in [2.45, 2.75) is 38.8 Å².